The summed E-state index contributed by atoms with van der Waals surface area (Å²) in [5, 5.41) is 7.02. The molecule has 0 amide bonds. The van der Waals surface area contributed by atoms with E-state index in [2.05, 4.69) is 27.0 Å². The Bertz CT molecular complexity index is 340. The topological polar surface area (TPSA) is 81.1 Å². The average molecular weight is 208 g/mol. The molecule has 0 aliphatic rings. The number of aromatic nitrogens is 3. The molecular formula is C9H16N6. The van der Waals surface area contributed by atoms with Gasteiger partial charge >= 0.3 is 0 Å². The highest BCUT2D eigenvalue weighted by Crippen LogP contribution is 1.89. The number of aliphatic imine (C=N–C) groups is 1. The van der Waals surface area contributed by atoms with Crippen LogP contribution in [0.1, 0.15) is 5.82 Å². The Morgan fingerprint density at radius 1 is 1.80 bits per heavy atom. The third-order valence-electron chi connectivity index (χ3n) is 1.69. The van der Waals surface area contributed by atoms with Gasteiger partial charge in [0.15, 0.2) is 11.8 Å². The van der Waals surface area contributed by atoms with Crippen LogP contribution in [0.4, 0.5) is 0 Å². The van der Waals surface area contributed by atoms with Gasteiger partial charge in [0.05, 0.1) is 0 Å². The Kier molecular flexibility index (Phi) is 4.33. The second kappa shape index (κ2) is 5.79. The van der Waals surface area contributed by atoms with Gasteiger partial charge in [0.1, 0.15) is 6.33 Å². The van der Waals surface area contributed by atoms with Crippen molar-refractivity contribution in [2.75, 3.05) is 13.1 Å². The Hall–Kier alpha value is -1.85. The lowest BCUT2D eigenvalue weighted by atomic mass is 10.4. The molecule has 0 aliphatic carbocycles. The molecule has 0 spiro atoms. The van der Waals surface area contributed by atoms with Gasteiger partial charge in [0.2, 0.25) is 0 Å². The van der Waals surface area contributed by atoms with Gasteiger partial charge in [-0.1, -0.05) is 6.08 Å². The molecule has 0 saturated carbocycles. The SMILES string of the molecule is C=CCNC(N)=NCCc1ncn(C)n1. The maximum Gasteiger partial charge on any atom is 0.188 e. The van der Waals surface area contributed by atoms with Crippen molar-refractivity contribution in [2.24, 2.45) is 17.8 Å². The molecular weight excluding hydrogens is 192 g/mol. The monoisotopic (exact) mass is 208 g/mol. The summed E-state index contributed by atoms with van der Waals surface area (Å²) in [6.45, 7) is 4.77. The molecule has 6 heteroatoms. The summed E-state index contributed by atoms with van der Waals surface area (Å²) < 4.78 is 1.67. The van der Waals surface area contributed by atoms with E-state index in [0.717, 1.165) is 5.82 Å². The average Bonchev–Trinajstić information content (AvgIpc) is 2.61. The summed E-state index contributed by atoms with van der Waals surface area (Å²) in [6.07, 6.45) is 4.08. The molecule has 0 atom stereocenters. The number of nitrogens with two attached hydrogens (primary N) is 1. The van der Waals surface area contributed by atoms with Crippen LogP contribution >= 0.6 is 0 Å². The minimum Gasteiger partial charge on any atom is -0.370 e. The molecule has 82 valence electrons. The van der Waals surface area contributed by atoms with E-state index in [9.17, 15) is 0 Å². The highest BCUT2D eigenvalue weighted by atomic mass is 15.3. The zero-order valence-electron chi connectivity index (χ0n) is 8.85. The van der Waals surface area contributed by atoms with Crippen molar-refractivity contribution in [3.8, 4) is 0 Å². The van der Waals surface area contributed by atoms with Gasteiger partial charge in [-0.15, -0.1) is 6.58 Å². The first-order chi connectivity index (χ1) is 7.22. The van der Waals surface area contributed by atoms with Gasteiger partial charge in [0.25, 0.3) is 0 Å². The van der Waals surface area contributed by atoms with Crippen LogP contribution in [0.25, 0.3) is 0 Å². The van der Waals surface area contributed by atoms with Crippen molar-refractivity contribution < 1.29 is 0 Å². The van der Waals surface area contributed by atoms with Crippen LogP contribution in [0, 0.1) is 0 Å². The standard InChI is InChI=1S/C9H16N6/c1-3-5-11-9(10)12-6-4-8-13-7-15(2)14-8/h3,7H,1,4-6H2,2H3,(H3,10,11,12). The van der Waals surface area contributed by atoms with Crippen molar-refractivity contribution in [2.45, 2.75) is 6.42 Å². The molecule has 0 aromatic carbocycles. The Balaban J connectivity index is 2.28. The Morgan fingerprint density at radius 2 is 2.60 bits per heavy atom. The zero-order valence-corrected chi connectivity index (χ0v) is 8.85. The fourth-order valence-electron chi connectivity index (χ4n) is 1.01. The van der Waals surface area contributed by atoms with Crippen LogP contribution in [0.3, 0.4) is 0 Å². The van der Waals surface area contributed by atoms with Crippen LogP contribution < -0.4 is 11.1 Å². The van der Waals surface area contributed by atoms with Crippen molar-refractivity contribution in [1.29, 1.82) is 0 Å². The third-order valence-corrected chi connectivity index (χ3v) is 1.69. The lowest BCUT2D eigenvalue weighted by Crippen LogP contribution is -2.31. The number of hydrogen-bond acceptors (Lipinski definition) is 3. The van der Waals surface area contributed by atoms with Crippen molar-refractivity contribution in [3.63, 3.8) is 0 Å². The quantitative estimate of drug-likeness (QED) is 0.386. The van der Waals surface area contributed by atoms with E-state index < -0.39 is 0 Å². The second-order valence-electron chi connectivity index (χ2n) is 3.02. The maximum atomic E-state index is 5.57. The van der Waals surface area contributed by atoms with Crippen LogP contribution in [0.5, 0.6) is 0 Å². The molecule has 1 rings (SSSR count). The molecule has 1 aromatic rings. The molecule has 0 bridgehead atoms. The summed E-state index contributed by atoms with van der Waals surface area (Å²) >= 11 is 0. The molecule has 0 aliphatic heterocycles. The predicted octanol–water partition coefficient (Wildman–Crippen LogP) is -0.552. The van der Waals surface area contributed by atoms with Gasteiger partial charge in [-0.25, -0.2) is 4.98 Å². The van der Waals surface area contributed by atoms with Crippen LogP contribution in [-0.2, 0) is 13.5 Å². The lowest BCUT2D eigenvalue weighted by molar-refractivity contribution is 0.738. The predicted molar refractivity (Wildman–Crippen MR) is 59.4 cm³/mol. The highest BCUT2D eigenvalue weighted by Gasteiger charge is 1.97. The number of hydrogen-bond donors (Lipinski definition) is 2. The molecule has 0 unspecified atom stereocenters. The summed E-state index contributed by atoms with van der Waals surface area (Å²) in [6, 6.07) is 0. The smallest absolute Gasteiger partial charge is 0.188 e. The van der Waals surface area contributed by atoms with Crippen molar-refractivity contribution in [3.05, 3.63) is 24.8 Å². The van der Waals surface area contributed by atoms with E-state index in [4.69, 9.17) is 5.73 Å². The molecule has 3 N–H and O–H groups in total. The minimum absolute atomic E-state index is 0.422. The first-order valence-electron chi connectivity index (χ1n) is 4.71. The summed E-state index contributed by atoms with van der Waals surface area (Å²) in [5.41, 5.74) is 5.57. The van der Waals surface area contributed by atoms with E-state index >= 15 is 0 Å². The molecule has 6 nitrogen and oxygen atoms in total. The number of rotatable bonds is 5. The lowest BCUT2D eigenvalue weighted by Gasteiger charge is -2.00. The van der Waals surface area contributed by atoms with Crippen LogP contribution in [0.2, 0.25) is 0 Å². The summed E-state index contributed by atoms with van der Waals surface area (Å²) in [4.78, 5) is 8.19. The molecule has 0 saturated heterocycles. The largest absolute Gasteiger partial charge is 0.370 e. The molecule has 0 radical (unpaired) electrons. The van der Waals surface area contributed by atoms with Gasteiger partial charge in [-0.2, -0.15) is 5.10 Å². The van der Waals surface area contributed by atoms with Crippen molar-refractivity contribution >= 4 is 5.96 Å². The van der Waals surface area contributed by atoms with Crippen molar-refractivity contribution in [1.82, 2.24) is 20.1 Å². The first kappa shape index (κ1) is 11.2. The normalized spacial score (nSPS) is 11.4. The Morgan fingerprint density at radius 3 is 3.20 bits per heavy atom. The number of guanidine groups is 1. The van der Waals surface area contributed by atoms with Gasteiger partial charge in [-0.3, -0.25) is 9.67 Å². The minimum atomic E-state index is 0.422. The van der Waals surface area contributed by atoms with Gasteiger partial charge in [0, 0.05) is 26.6 Å². The molecule has 1 aromatic heterocycles. The van der Waals surface area contributed by atoms with E-state index in [1.807, 2.05) is 7.05 Å². The number of nitrogens with one attached hydrogen (secondary N) is 1. The number of aryl methyl sites for hydroxylation is 1. The van der Waals surface area contributed by atoms with Gasteiger partial charge < -0.3 is 11.1 Å². The van der Waals surface area contributed by atoms with E-state index in [1.165, 1.54) is 0 Å². The van der Waals surface area contributed by atoms with Crippen LogP contribution in [0.15, 0.2) is 24.0 Å². The maximum absolute atomic E-state index is 5.57. The first-order valence-corrected chi connectivity index (χ1v) is 4.71. The fraction of sp³-hybridized carbons (Fsp3) is 0.444. The fourth-order valence-corrected chi connectivity index (χ4v) is 1.01. The Labute approximate surface area is 88.9 Å². The van der Waals surface area contributed by atoms with E-state index in [1.54, 1.807) is 17.1 Å². The third kappa shape index (κ3) is 4.26. The zero-order chi connectivity index (χ0) is 11.1. The summed E-state index contributed by atoms with van der Waals surface area (Å²) in [7, 11) is 1.83. The molecule has 0 fully saturated rings. The van der Waals surface area contributed by atoms with E-state index in [0.29, 0.717) is 25.5 Å². The number of nitrogens with zero attached hydrogens (tertiary/aromatic N) is 4. The summed E-state index contributed by atoms with van der Waals surface area (Å²) in [5.74, 6) is 1.20. The molecule has 1 heterocycles. The highest BCUT2D eigenvalue weighted by molar-refractivity contribution is 5.77. The second-order valence-corrected chi connectivity index (χ2v) is 3.02. The van der Waals surface area contributed by atoms with Gasteiger partial charge in [-0.05, 0) is 0 Å². The van der Waals surface area contributed by atoms with Crippen LogP contribution in [-0.4, -0.2) is 33.8 Å². The molecule has 15 heavy (non-hydrogen) atoms. The van der Waals surface area contributed by atoms with E-state index in [-0.39, 0.29) is 0 Å².